The largest absolute Gasteiger partial charge is 0.327 e. The van der Waals surface area contributed by atoms with Crippen molar-refractivity contribution in [3.05, 3.63) is 0 Å². The molecule has 0 heterocycles. The fourth-order valence-corrected chi connectivity index (χ4v) is 3.93. The molecule has 0 bridgehead atoms. The highest BCUT2D eigenvalue weighted by Crippen LogP contribution is 2.41. The van der Waals surface area contributed by atoms with Crippen LogP contribution in [0, 0.1) is 23.7 Å². The molecule has 0 aliphatic heterocycles. The van der Waals surface area contributed by atoms with Crippen LogP contribution in [0.15, 0.2) is 0 Å². The molecule has 2 aliphatic rings. The molecule has 5 unspecified atom stereocenters. The van der Waals surface area contributed by atoms with Crippen molar-refractivity contribution >= 4 is 0 Å². The maximum atomic E-state index is 6.39. The van der Waals surface area contributed by atoms with Gasteiger partial charge in [0.1, 0.15) is 0 Å². The highest BCUT2D eigenvalue weighted by molar-refractivity contribution is 4.86. The molecule has 0 aromatic heterocycles. The number of hydrogen-bond acceptors (Lipinski definition) is 1. The minimum Gasteiger partial charge on any atom is -0.327 e. The van der Waals surface area contributed by atoms with E-state index in [-0.39, 0.29) is 0 Å². The molecular formula is C15H29N. The van der Waals surface area contributed by atoms with Crippen molar-refractivity contribution in [1.82, 2.24) is 0 Å². The molecule has 2 rings (SSSR count). The first-order valence-corrected chi connectivity index (χ1v) is 7.44. The second kappa shape index (κ2) is 5.53. The summed E-state index contributed by atoms with van der Waals surface area (Å²) in [5.74, 6) is 3.66. The first kappa shape index (κ1) is 12.4. The molecule has 2 N–H and O–H groups in total. The number of rotatable bonds is 1. The van der Waals surface area contributed by atoms with E-state index in [1.54, 1.807) is 0 Å². The highest BCUT2D eigenvalue weighted by Gasteiger charge is 2.33. The fraction of sp³-hybridized carbons (Fsp3) is 1.00. The van der Waals surface area contributed by atoms with Crippen molar-refractivity contribution in [2.24, 2.45) is 29.4 Å². The molecule has 0 amide bonds. The molecule has 0 aromatic carbocycles. The van der Waals surface area contributed by atoms with E-state index in [1.165, 1.54) is 51.4 Å². The molecule has 16 heavy (non-hydrogen) atoms. The van der Waals surface area contributed by atoms with E-state index in [4.69, 9.17) is 5.73 Å². The molecule has 2 fully saturated rings. The van der Waals surface area contributed by atoms with E-state index in [0.29, 0.717) is 6.04 Å². The molecule has 94 valence electrons. The quantitative estimate of drug-likeness (QED) is 0.669. The predicted molar refractivity (Wildman–Crippen MR) is 70.2 cm³/mol. The minimum atomic E-state index is 0.508. The number of hydrogen-bond donors (Lipinski definition) is 1. The summed E-state index contributed by atoms with van der Waals surface area (Å²) in [4.78, 5) is 0. The standard InChI is InChI=1S/C15H29N/c1-11-8-9-13(10-12(11)2)14-6-4-3-5-7-15(14)16/h11-15H,3-10,16H2,1-2H3. The summed E-state index contributed by atoms with van der Waals surface area (Å²) >= 11 is 0. The van der Waals surface area contributed by atoms with E-state index in [0.717, 1.165) is 23.7 Å². The van der Waals surface area contributed by atoms with Gasteiger partial charge in [-0.05, 0) is 49.4 Å². The molecule has 0 aromatic rings. The third-order valence-electron chi connectivity index (χ3n) is 5.37. The summed E-state index contributed by atoms with van der Waals surface area (Å²) in [6.45, 7) is 4.87. The second-order valence-electron chi connectivity index (χ2n) is 6.49. The van der Waals surface area contributed by atoms with Crippen molar-refractivity contribution < 1.29 is 0 Å². The Balaban J connectivity index is 1.94. The molecule has 2 aliphatic carbocycles. The third-order valence-corrected chi connectivity index (χ3v) is 5.37. The Morgan fingerprint density at radius 1 is 0.812 bits per heavy atom. The molecule has 0 radical (unpaired) electrons. The van der Waals surface area contributed by atoms with Gasteiger partial charge in [-0.1, -0.05) is 39.5 Å². The molecule has 0 saturated heterocycles. The summed E-state index contributed by atoms with van der Waals surface area (Å²) in [6, 6.07) is 0.508. The zero-order valence-corrected chi connectivity index (χ0v) is 11.1. The van der Waals surface area contributed by atoms with Gasteiger partial charge in [-0.25, -0.2) is 0 Å². The van der Waals surface area contributed by atoms with Crippen LogP contribution in [0.3, 0.4) is 0 Å². The smallest absolute Gasteiger partial charge is 0.00698 e. The average Bonchev–Trinajstić information content (AvgIpc) is 2.47. The molecule has 5 atom stereocenters. The second-order valence-corrected chi connectivity index (χ2v) is 6.49. The predicted octanol–water partition coefficient (Wildman–Crippen LogP) is 3.97. The van der Waals surface area contributed by atoms with Gasteiger partial charge in [-0.3, -0.25) is 0 Å². The minimum absolute atomic E-state index is 0.508. The van der Waals surface area contributed by atoms with Gasteiger partial charge in [0.05, 0.1) is 0 Å². The lowest BCUT2D eigenvalue weighted by atomic mass is 9.68. The third kappa shape index (κ3) is 2.80. The van der Waals surface area contributed by atoms with Crippen LogP contribution in [-0.4, -0.2) is 6.04 Å². The summed E-state index contributed by atoms with van der Waals surface area (Å²) in [7, 11) is 0. The first-order valence-electron chi connectivity index (χ1n) is 7.44. The van der Waals surface area contributed by atoms with Gasteiger partial charge in [-0.15, -0.1) is 0 Å². The van der Waals surface area contributed by atoms with E-state index < -0.39 is 0 Å². The molecule has 2 saturated carbocycles. The van der Waals surface area contributed by atoms with Gasteiger partial charge in [-0.2, -0.15) is 0 Å². The monoisotopic (exact) mass is 223 g/mol. The Labute approximate surface area is 101 Å². The van der Waals surface area contributed by atoms with Gasteiger partial charge in [0.25, 0.3) is 0 Å². The van der Waals surface area contributed by atoms with E-state index in [9.17, 15) is 0 Å². The Kier molecular flexibility index (Phi) is 4.29. The Bertz CT molecular complexity index is 213. The molecule has 0 spiro atoms. The maximum Gasteiger partial charge on any atom is 0.00698 e. The van der Waals surface area contributed by atoms with Crippen molar-refractivity contribution in [3.63, 3.8) is 0 Å². The van der Waals surface area contributed by atoms with Crippen LogP contribution in [0.4, 0.5) is 0 Å². The lowest BCUT2D eigenvalue weighted by Gasteiger charge is -2.38. The van der Waals surface area contributed by atoms with Gasteiger partial charge in [0.15, 0.2) is 0 Å². The molecule has 1 nitrogen and oxygen atoms in total. The summed E-state index contributed by atoms with van der Waals surface area (Å²) in [5, 5.41) is 0. The van der Waals surface area contributed by atoms with E-state index >= 15 is 0 Å². The van der Waals surface area contributed by atoms with Crippen molar-refractivity contribution in [2.75, 3.05) is 0 Å². The zero-order valence-electron chi connectivity index (χ0n) is 11.1. The van der Waals surface area contributed by atoms with Gasteiger partial charge in [0, 0.05) is 6.04 Å². The van der Waals surface area contributed by atoms with Crippen molar-refractivity contribution in [1.29, 1.82) is 0 Å². The fourth-order valence-electron chi connectivity index (χ4n) is 3.93. The van der Waals surface area contributed by atoms with Crippen LogP contribution in [-0.2, 0) is 0 Å². The van der Waals surface area contributed by atoms with Gasteiger partial charge >= 0.3 is 0 Å². The van der Waals surface area contributed by atoms with Crippen LogP contribution in [0.1, 0.15) is 65.2 Å². The summed E-state index contributed by atoms with van der Waals surface area (Å²) < 4.78 is 0. The van der Waals surface area contributed by atoms with Crippen molar-refractivity contribution in [2.45, 2.75) is 71.3 Å². The van der Waals surface area contributed by atoms with Crippen LogP contribution in [0.25, 0.3) is 0 Å². The normalized spacial score (nSPS) is 46.3. The SMILES string of the molecule is CC1CCC(C2CCCCCC2N)CC1C. The summed E-state index contributed by atoms with van der Waals surface area (Å²) in [6.07, 6.45) is 11.2. The van der Waals surface area contributed by atoms with E-state index in [2.05, 4.69) is 13.8 Å². The molecular weight excluding hydrogens is 194 g/mol. The van der Waals surface area contributed by atoms with Crippen molar-refractivity contribution in [3.8, 4) is 0 Å². The Morgan fingerprint density at radius 2 is 1.56 bits per heavy atom. The van der Waals surface area contributed by atoms with Crippen LogP contribution >= 0.6 is 0 Å². The topological polar surface area (TPSA) is 26.0 Å². The first-order chi connectivity index (χ1) is 7.68. The van der Waals surface area contributed by atoms with Crippen LogP contribution in [0.2, 0.25) is 0 Å². The summed E-state index contributed by atoms with van der Waals surface area (Å²) in [5.41, 5.74) is 6.39. The highest BCUT2D eigenvalue weighted by atomic mass is 14.7. The van der Waals surface area contributed by atoms with Crippen LogP contribution < -0.4 is 5.73 Å². The molecule has 1 heteroatoms. The lowest BCUT2D eigenvalue weighted by molar-refractivity contribution is 0.135. The number of nitrogens with two attached hydrogens (primary N) is 1. The van der Waals surface area contributed by atoms with Crippen LogP contribution in [0.5, 0.6) is 0 Å². The van der Waals surface area contributed by atoms with E-state index in [1.807, 2.05) is 0 Å². The maximum absolute atomic E-state index is 6.39. The Hall–Kier alpha value is -0.0400. The van der Waals surface area contributed by atoms with Gasteiger partial charge in [0.2, 0.25) is 0 Å². The lowest BCUT2D eigenvalue weighted by Crippen LogP contribution is -2.37. The Morgan fingerprint density at radius 3 is 2.31 bits per heavy atom. The van der Waals surface area contributed by atoms with Gasteiger partial charge < -0.3 is 5.73 Å². The zero-order chi connectivity index (χ0) is 11.5. The average molecular weight is 223 g/mol.